The first-order valence-electron chi connectivity index (χ1n) is 6.34. The molecular weight excluding hydrogens is 281 g/mol. The molecule has 2 rings (SSSR count). The maximum Gasteiger partial charge on any atom is 0.167 e. The fourth-order valence-corrected chi connectivity index (χ4v) is 1.76. The second kappa shape index (κ2) is 5.95. The van der Waals surface area contributed by atoms with Gasteiger partial charge in [-0.1, -0.05) is 0 Å². The van der Waals surface area contributed by atoms with Crippen molar-refractivity contribution in [1.82, 2.24) is 0 Å². The molecule has 0 aliphatic heterocycles. The predicted molar refractivity (Wildman–Crippen MR) is 76.2 cm³/mol. The largest absolute Gasteiger partial charge is 0.488 e. The number of rotatable bonds is 4. The van der Waals surface area contributed by atoms with Gasteiger partial charge in [-0.25, -0.2) is 13.2 Å². The van der Waals surface area contributed by atoms with Crippen LogP contribution in [0.5, 0.6) is 5.75 Å². The molecule has 0 fully saturated rings. The Balaban J connectivity index is 2.37. The summed E-state index contributed by atoms with van der Waals surface area (Å²) in [6.45, 7) is 3.49. The van der Waals surface area contributed by atoms with Crippen LogP contribution in [0.2, 0.25) is 0 Å². The molecule has 0 spiro atoms. The van der Waals surface area contributed by atoms with E-state index in [2.05, 4.69) is 5.32 Å². The van der Waals surface area contributed by atoms with Crippen molar-refractivity contribution in [2.45, 2.75) is 20.0 Å². The van der Waals surface area contributed by atoms with Gasteiger partial charge in [0.05, 0.1) is 23.2 Å². The predicted octanol–water partition coefficient (Wildman–Crippen LogP) is 4.22. The molecule has 6 heteroatoms. The van der Waals surface area contributed by atoms with Crippen LogP contribution in [0.25, 0.3) is 0 Å². The van der Waals surface area contributed by atoms with Crippen LogP contribution in [0.4, 0.5) is 30.2 Å². The Morgan fingerprint density at radius 2 is 1.71 bits per heavy atom. The number of hydrogen-bond donors (Lipinski definition) is 2. The van der Waals surface area contributed by atoms with Crippen molar-refractivity contribution in [3.05, 3.63) is 47.8 Å². The van der Waals surface area contributed by atoms with Gasteiger partial charge < -0.3 is 15.8 Å². The first-order valence-corrected chi connectivity index (χ1v) is 6.34. The number of hydrogen-bond acceptors (Lipinski definition) is 3. The Hall–Kier alpha value is -2.37. The van der Waals surface area contributed by atoms with Crippen molar-refractivity contribution in [1.29, 1.82) is 0 Å². The maximum absolute atomic E-state index is 13.7. The van der Waals surface area contributed by atoms with Gasteiger partial charge >= 0.3 is 0 Å². The van der Waals surface area contributed by atoms with E-state index < -0.39 is 17.5 Å². The number of nitrogens with one attached hydrogen (secondary N) is 1. The third-order valence-corrected chi connectivity index (χ3v) is 2.66. The van der Waals surface area contributed by atoms with Gasteiger partial charge in [0.1, 0.15) is 11.6 Å². The van der Waals surface area contributed by atoms with E-state index in [-0.39, 0.29) is 28.9 Å². The van der Waals surface area contributed by atoms with Crippen LogP contribution >= 0.6 is 0 Å². The van der Waals surface area contributed by atoms with Crippen LogP contribution in [-0.4, -0.2) is 6.10 Å². The second-order valence-corrected chi connectivity index (χ2v) is 4.79. The molecule has 3 nitrogen and oxygen atoms in total. The first kappa shape index (κ1) is 15.0. The molecule has 0 heterocycles. The molecule has 0 aliphatic rings. The molecule has 0 saturated heterocycles. The minimum atomic E-state index is -0.647. The van der Waals surface area contributed by atoms with E-state index in [1.54, 1.807) is 13.8 Å². The number of anilines is 3. The lowest BCUT2D eigenvalue weighted by Crippen LogP contribution is -2.08. The quantitative estimate of drug-likeness (QED) is 0.831. The number of ether oxygens (including phenoxy) is 1. The summed E-state index contributed by atoms with van der Waals surface area (Å²) in [6.07, 6.45) is -0.234. The van der Waals surface area contributed by atoms with Crippen LogP contribution in [0.15, 0.2) is 30.3 Å². The Morgan fingerprint density at radius 1 is 1.00 bits per heavy atom. The summed E-state index contributed by atoms with van der Waals surface area (Å²) in [5, 5.41) is 2.64. The minimum absolute atomic E-state index is 0.0153. The summed E-state index contributed by atoms with van der Waals surface area (Å²) in [5.41, 5.74) is 5.88. The lowest BCUT2D eigenvalue weighted by Gasteiger charge is -2.15. The zero-order chi connectivity index (χ0) is 15.6. The zero-order valence-corrected chi connectivity index (χ0v) is 11.6. The van der Waals surface area contributed by atoms with Crippen LogP contribution < -0.4 is 15.8 Å². The van der Waals surface area contributed by atoms with Crippen molar-refractivity contribution < 1.29 is 17.9 Å². The summed E-state index contributed by atoms with van der Waals surface area (Å²) >= 11 is 0. The zero-order valence-electron chi connectivity index (χ0n) is 11.6. The average Bonchev–Trinajstić information content (AvgIpc) is 2.39. The Labute approximate surface area is 120 Å². The number of nitrogens with two attached hydrogens (primary N) is 1. The third kappa shape index (κ3) is 3.59. The molecule has 0 saturated carbocycles. The van der Waals surface area contributed by atoms with E-state index in [1.165, 1.54) is 6.07 Å². The second-order valence-electron chi connectivity index (χ2n) is 4.79. The van der Waals surface area contributed by atoms with E-state index in [0.717, 1.165) is 24.3 Å². The minimum Gasteiger partial charge on any atom is -0.488 e. The third-order valence-electron chi connectivity index (χ3n) is 2.66. The summed E-state index contributed by atoms with van der Waals surface area (Å²) in [5.74, 6) is -1.88. The van der Waals surface area contributed by atoms with Gasteiger partial charge in [0.25, 0.3) is 0 Å². The van der Waals surface area contributed by atoms with Gasteiger partial charge in [0, 0.05) is 18.2 Å². The van der Waals surface area contributed by atoms with Crippen LogP contribution in [0.3, 0.4) is 0 Å². The smallest absolute Gasteiger partial charge is 0.167 e. The van der Waals surface area contributed by atoms with Gasteiger partial charge in [-0.05, 0) is 26.0 Å². The molecule has 0 unspecified atom stereocenters. The van der Waals surface area contributed by atoms with Crippen molar-refractivity contribution in [2.24, 2.45) is 0 Å². The van der Waals surface area contributed by atoms with Gasteiger partial charge in [0.15, 0.2) is 11.6 Å². The molecule has 0 aromatic heterocycles. The normalized spacial score (nSPS) is 10.8. The molecule has 2 aromatic carbocycles. The SMILES string of the molecule is CC(C)Oc1cc(Nc2cc(F)ccc2F)c(N)cc1F. The van der Waals surface area contributed by atoms with Crippen molar-refractivity contribution >= 4 is 17.1 Å². The molecule has 112 valence electrons. The molecule has 0 radical (unpaired) electrons. The van der Waals surface area contributed by atoms with Gasteiger partial charge in [-0.3, -0.25) is 0 Å². The maximum atomic E-state index is 13.7. The van der Waals surface area contributed by atoms with E-state index in [4.69, 9.17) is 10.5 Å². The van der Waals surface area contributed by atoms with Crippen LogP contribution in [0, 0.1) is 17.5 Å². The van der Waals surface area contributed by atoms with E-state index in [0.29, 0.717) is 0 Å². The molecule has 2 aromatic rings. The van der Waals surface area contributed by atoms with Crippen molar-refractivity contribution in [3.8, 4) is 5.75 Å². The molecule has 0 bridgehead atoms. The lowest BCUT2D eigenvalue weighted by atomic mass is 10.2. The fraction of sp³-hybridized carbons (Fsp3) is 0.200. The highest BCUT2D eigenvalue weighted by molar-refractivity contribution is 5.74. The van der Waals surface area contributed by atoms with Gasteiger partial charge in [-0.15, -0.1) is 0 Å². The molecular formula is C15H15F3N2O. The summed E-state index contributed by atoms with van der Waals surface area (Å²) in [6, 6.07) is 5.36. The topological polar surface area (TPSA) is 47.3 Å². The van der Waals surface area contributed by atoms with Gasteiger partial charge in [-0.2, -0.15) is 0 Å². The van der Waals surface area contributed by atoms with E-state index in [1.807, 2.05) is 0 Å². The Morgan fingerprint density at radius 3 is 2.38 bits per heavy atom. The number of benzene rings is 2. The van der Waals surface area contributed by atoms with Crippen LogP contribution in [-0.2, 0) is 0 Å². The molecule has 3 N–H and O–H groups in total. The summed E-state index contributed by atoms with van der Waals surface area (Å²) in [4.78, 5) is 0. The number of halogens is 3. The lowest BCUT2D eigenvalue weighted by molar-refractivity contribution is 0.231. The molecule has 0 atom stereocenters. The summed E-state index contributed by atoms with van der Waals surface area (Å²) < 4.78 is 45.7. The van der Waals surface area contributed by atoms with Crippen LogP contribution in [0.1, 0.15) is 13.8 Å². The van der Waals surface area contributed by atoms with E-state index >= 15 is 0 Å². The molecule has 0 amide bonds. The van der Waals surface area contributed by atoms with Crippen molar-refractivity contribution in [3.63, 3.8) is 0 Å². The standard InChI is InChI=1S/C15H15F3N2O/c1-8(2)21-15-7-14(12(19)6-11(15)18)20-13-5-9(16)3-4-10(13)17/h3-8,20H,19H2,1-2H3. The fourth-order valence-electron chi connectivity index (χ4n) is 1.76. The highest BCUT2D eigenvalue weighted by Gasteiger charge is 2.12. The van der Waals surface area contributed by atoms with Gasteiger partial charge in [0.2, 0.25) is 0 Å². The molecule has 21 heavy (non-hydrogen) atoms. The highest BCUT2D eigenvalue weighted by Crippen LogP contribution is 2.32. The van der Waals surface area contributed by atoms with E-state index in [9.17, 15) is 13.2 Å². The first-order chi connectivity index (χ1) is 9.86. The van der Waals surface area contributed by atoms with Crippen molar-refractivity contribution in [2.75, 3.05) is 11.1 Å². The Bertz CT molecular complexity index is 660. The highest BCUT2D eigenvalue weighted by atomic mass is 19.1. The monoisotopic (exact) mass is 296 g/mol. The Kier molecular flexibility index (Phi) is 4.26. The number of nitrogen functional groups attached to an aromatic ring is 1. The average molecular weight is 296 g/mol. The molecule has 0 aliphatic carbocycles. The summed E-state index contributed by atoms with van der Waals surface area (Å²) in [7, 11) is 0.